The van der Waals surface area contributed by atoms with Crippen molar-refractivity contribution in [2.45, 2.75) is 44.8 Å². The number of amides is 1. The number of piperidine rings is 1. The molecular formula is C21H21N5O3. The van der Waals surface area contributed by atoms with E-state index in [1.54, 1.807) is 13.0 Å². The molecule has 1 aromatic carbocycles. The van der Waals surface area contributed by atoms with Crippen molar-refractivity contribution < 1.29 is 9.32 Å². The van der Waals surface area contributed by atoms with E-state index in [0.717, 1.165) is 24.8 Å². The lowest BCUT2D eigenvalue weighted by Crippen LogP contribution is -2.43. The van der Waals surface area contributed by atoms with E-state index in [1.165, 1.54) is 10.7 Å². The van der Waals surface area contributed by atoms with E-state index in [9.17, 15) is 9.59 Å². The van der Waals surface area contributed by atoms with Gasteiger partial charge in [0.15, 0.2) is 0 Å². The summed E-state index contributed by atoms with van der Waals surface area (Å²) in [6.07, 6.45) is 2.92. The molecule has 0 spiro atoms. The zero-order valence-electron chi connectivity index (χ0n) is 16.1. The van der Waals surface area contributed by atoms with Crippen LogP contribution in [0.1, 0.15) is 36.9 Å². The first kappa shape index (κ1) is 17.8. The van der Waals surface area contributed by atoms with Gasteiger partial charge in [0, 0.05) is 17.7 Å². The first-order chi connectivity index (χ1) is 14.1. The number of aryl methyl sites for hydroxylation is 1. The number of hydrogen-bond acceptors (Lipinski definition) is 6. The number of likely N-dealkylation sites (tertiary alicyclic amines) is 1. The maximum Gasteiger partial charge on any atom is 0.267 e. The Hall–Kier alpha value is -3.29. The Morgan fingerprint density at radius 1 is 1.17 bits per heavy atom. The number of nitrogens with zero attached hydrogens (tertiary/aromatic N) is 5. The first-order valence-electron chi connectivity index (χ1n) is 9.85. The fourth-order valence-electron chi connectivity index (χ4n) is 4.60. The maximum absolute atomic E-state index is 13.2. The van der Waals surface area contributed by atoms with Gasteiger partial charge in [-0.2, -0.15) is 10.1 Å². The number of benzene rings is 1. The third kappa shape index (κ3) is 3.14. The molecule has 2 aliphatic rings. The van der Waals surface area contributed by atoms with Gasteiger partial charge in [-0.05, 0) is 38.2 Å². The van der Waals surface area contributed by atoms with Crippen LogP contribution in [0, 0.1) is 12.8 Å². The van der Waals surface area contributed by atoms with E-state index < -0.39 is 0 Å². The molecule has 3 aromatic rings. The number of aromatic nitrogens is 4. The van der Waals surface area contributed by atoms with Crippen LogP contribution in [0.2, 0.25) is 0 Å². The van der Waals surface area contributed by atoms with Crippen LogP contribution in [0.4, 0.5) is 0 Å². The van der Waals surface area contributed by atoms with Crippen LogP contribution in [-0.4, -0.2) is 36.8 Å². The molecule has 8 nitrogen and oxygen atoms in total. The van der Waals surface area contributed by atoms with Gasteiger partial charge in [0.25, 0.3) is 5.56 Å². The van der Waals surface area contributed by atoms with E-state index in [4.69, 9.17) is 4.52 Å². The lowest BCUT2D eigenvalue weighted by atomic mass is 9.98. The smallest absolute Gasteiger partial charge is 0.267 e. The molecule has 1 amide bonds. The zero-order chi connectivity index (χ0) is 20.0. The quantitative estimate of drug-likeness (QED) is 0.678. The largest absolute Gasteiger partial charge is 0.337 e. The molecule has 8 heteroatoms. The van der Waals surface area contributed by atoms with Gasteiger partial charge in [-0.25, -0.2) is 4.68 Å². The molecule has 0 unspecified atom stereocenters. The second-order valence-electron chi connectivity index (χ2n) is 7.77. The summed E-state index contributed by atoms with van der Waals surface area (Å²) < 4.78 is 6.82. The highest BCUT2D eigenvalue weighted by Crippen LogP contribution is 2.50. The fourth-order valence-corrected chi connectivity index (χ4v) is 4.60. The summed E-state index contributed by atoms with van der Waals surface area (Å²) in [5.74, 6) is 1.15. The highest BCUT2D eigenvalue weighted by atomic mass is 16.5. The Morgan fingerprint density at radius 3 is 2.83 bits per heavy atom. The van der Waals surface area contributed by atoms with E-state index in [-0.39, 0.29) is 30.1 Å². The van der Waals surface area contributed by atoms with Crippen molar-refractivity contribution in [3.8, 4) is 11.4 Å². The summed E-state index contributed by atoms with van der Waals surface area (Å²) in [5, 5.41) is 8.32. The fraction of sp³-hybridized carbons (Fsp3) is 0.381. The minimum Gasteiger partial charge on any atom is -0.337 e. The molecule has 2 bridgehead atoms. The maximum atomic E-state index is 13.2. The highest BCUT2D eigenvalue weighted by Gasteiger charge is 2.51. The normalized spacial score (nSPS) is 22.9. The SMILES string of the molecule is Cc1ccc(=O)n(CC(=O)N2[C@@H]3CC[C@@H](C3)[C@H]2c2nc(-c3ccccc3)no2)n1. The molecule has 2 aromatic heterocycles. The first-order valence-corrected chi connectivity index (χ1v) is 9.85. The monoisotopic (exact) mass is 391 g/mol. The van der Waals surface area contributed by atoms with Crippen molar-refractivity contribution in [2.75, 3.05) is 0 Å². The Kier molecular flexibility index (Phi) is 4.26. The van der Waals surface area contributed by atoms with E-state index >= 15 is 0 Å². The molecule has 1 saturated heterocycles. The Balaban J connectivity index is 1.43. The molecule has 5 rings (SSSR count). The second-order valence-corrected chi connectivity index (χ2v) is 7.77. The van der Waals surface area contributed by atoms with Gasteiger partial charge in [0.2, 0.25) is 17.6 Å². The van der Waals surface area contributed by atoms with Crippen LogP contribution in [0.5, 0.6) is 0 Å². The number of fused-ring (bicyclic) bond motifs is 2. The van der Waals surface area contributed by atoms with Gasteiger partial charge in [0.1, 0.15) is 12.6 Å². The predicted octanol–water partition coefficient (Wildman–Crippen LogP) is 2.35. The van der Waals surface area contributed by atoms with Crippen LogP contribution in [0.15, 0.2) is 51.8 Å². The minimum atomic E-state index is -0.283. The minimum absolute atomic E-state index is 0.0834. The Morgan fingerprint density at radius 2 is 2.00 bits per heavy atom. The third-order valence-corrected chi connectivity index (χ3v) is 5.88. The molecule has 0 N–H and O–H groups in total. The number of carbonyl (C=O) groups is 1. The summed E-state index contributed by atoms with van der Waals surface area (Å²) in [7, 11) is 0. The van der Waals surface area contributed by atoms with Gasteiger partial charge in [0.05, 0.1) is 5.69 Å². The van der Waals surface area contributed by atoms with Gasteiger partial charge >= 0.3 is 0 Å². The standard InChI is InChI=1S/C21H21N5O3/c1-13-7-10-17(27)25(23-13)12-18(28)26-16-9-8-15(11-16)19(26)21-22-20(24-29-21)14-5-3-2-4-6-14/h2-7,10,15-16,19H,8-9,11-12H2,1H3/t15-,16+,19-/m0/s1. The molecular weight excluding hydrogens is 370 g/mol. The van der Waals surface area contributed by atoms with Gasteiger partial charge < -0.3 is 9.42 Å². The van der Waals surface area contributed by atoms with Gasteiger partial charge in [-0.15, -0.1) is 0 Å². The van der Waals surface area contributed by atoms with Crippen LogP contribution in [0.25, 0.3) is 11.4 Å². The topological polar surface area (TPSA) is 94.1 Å². The van der Waals surface area contributed by atoms with Crippen molar-refractivity contribution in [3.63, 3.8) is 0 Å². The van der Waals surface area contributed by atoms with Gasteiger partial charge in [-0.3, -0.25) is 9.59 Å². The van der Waals surface area contributed by atoms with Crippen molar-refractivity contribution in [1.29, 1.82) is 0 Å². The van der Waals surface area contributed by atoms with Crippen LogP contribution < -0.4 is 5.56 Å². The van der Waals surface area contributed by atoms with Crippen LogP contribution in [0.3, 0.4) is 0 Å². The molecule has 148 valence electrons. The second kappa shape index (κ2) is 6.95. The molecule has 1 saturated carbocycles. The molecule has 1 aliphatic heterocycles. The van der Waals surface area contributed by atoms with Crippen molar-refractivity contribution in [3.05, 3.63) is 64.4 Å². The number of rotatable bonds is 4. The summed E-state index contributed by atoms with van der Waals surface area (Å²) in [6, 6.07) is 12.6. The molecule has 0 radical (unpaired) electrons. The lowest BCUT2D eigenvalue weighted by molar-refractivity contribution is -0.137. The van der Waals surface area contributed by atoms with Crippen LogP contribution >= 0.6 is 0 Å². The average molecular weight is 391 g/mol. The van der Waals surface area contributed by atoms with Crippen LogP contribution in [-0.2, 0) is 11.3 Å². The zero-order valence-corrected chi connectivity index (χ0v) is 16.1. The molecule has 2 fully saturated rings. The number of carbonyl (C=O) groups excluding carboxylic acids is 1. The van der Waals surface area contributed by atoms with Crippen molar-refractivity contribution in [2.24, 2.45) is 5.92 Å². The van der Waals surface area contributed by atoms with Crippen molar-refractivity contribution >= 4 is 5.91 Å². The predicted molar refractivity (Wildman–Crippen MR) is 104 cm³/mol. The molecule has 1 aliphatic carbocycles. The summed E-state index contributed by atoms with van der Waals surface area (Å²) >= 11 is 0. The summed E-state index contributed by atoms with van der Waals surface area (Å²) in [6.45, 7) is 1.71. The van der Waals surface area contributed by atoms with E-state index in [1.807, 2.05) is 35.2 Å². The molecule has 3 atom stereocenters. The summed E-state index contributed by atoms with van der Waals surface area (Å²) in [4.78, 5) is 31.7. The van der Waals surface area contributed by atoms with E-state index in [0.29, 0.717) is 23.3 Å². The molecule has 3 heterocycles. The van der Waals surface area contributed by atoms with E-state index in [2.05, 4.69) is 15.2 Å². The third-order valence-electron chi connectivity index (χ3n) is 5.88. The highest BCUT2D eigenvalue weighted by molar-refractivity contribution is 5.77. The Bertz CT molecular complexity index is 1110. The van der Waals surface area contributed by atoms with Crippen molar-refractivity contribution in [1.82, 2.24) is 24.8 Å². The number of hydrogen-bond donors (Lipinski definition) is 0. The molecule has 29 heavy (non-hydrogen) atoms. The Labute approximate surface area is 167 Å². The summed E-state index contributed by atoms with van der Waals surface area (Å²) in [5.41, 5.74) is 1.29. The van der Waals surface area contributed by atoms with Gasteiger partial charge in [-0.1, -0.05) is 35.5 Å². The average Bonchev–Trinajstić information content (AvgIpc) is 3.47. The lowest BCUT2D eigenvalue weighted by Gasteiger charge is -2.33.